The minimum Gasteiger partial charge on any atom is -0.447 e. The number of anilines is 1. The number of cyclic esters (lactones) is 1. The standard InChI is InChI=1S/C15H10ClF2NO2.C9H8N6/c16-10-1-3-13(4-2-10)19-14(8-21-15(19)20)9-5-11(17)7-12(18)6-9;1-14-12-9(11-13-14)7-2-3-8-10-4-5-15(8)6-7/h1-7,14H,8H2;2-6H,1H3/t14-;/m1./s1. The molecule has 1 aliphatic heterocycles. The molecule has 1 atom stereocenters. The van der Waals surface area contributed by atoms with Crippen molar-refractivity contribution in [3.05, 3.63) is 95.4 Å². The Hall–Kier alpha value is -4.38. The van der Waals surface area contributed by atoms with Crippen molar-refractivity contribution in [3.8, 4) is 11.4 Å². The Labute approximate surface area is 208 Å². The van der Waals surface area contributed by atoms with Crippen molar-refractivity contribution in [2.24, 2.45) is 7.05 Å². The van der Waals surface area contributed by atoms with Crippen molar-refractivity contribution in [2.45, 2.75) is 6.04 Å². The number of ether oxygens (including phenoxy) is 1. The summed E-state index contributed by atoms with van der Waals surface area (Å²) in [4.78, 5) is 18.8. The average Bonchev–Trinajstić information content (AvgIpc) is 3.59. The second-order valence-electron chi connectivity index (χ2n) is 7.85. The molecular formula is C24H18ClF2N7O2. The minimum atomic E-state index is -0.694. The third kappa shape index (κ3) is 4.86. The predicted molar refractivity (Wildman–Crippen MR) is 127 cm³/mol. The highest BCUT2D eigenvalue weighted by Gasteiger charge is 2.35. The monoisotopic (exact) mass is 509 g/mol. The molecule has 1 saturated heterocycles. The van der Waals surface area contributed by atoms with Gasteiger partial charge in [0.1, 0.15) is 23.9 Å². The Kier molecular flexibility index (Phi) is 6.30. The topological polar surface area (TPSA) is 90.4 Å². The molecular weight excluding hydrogens is 492 g/mol. The first-order chi connectivity index (χ1) is 17.4. The fraction of sp³-hybridized carbons (Fsp3) is 0.125. The van der Waals surface area contributed by atoms with Gasteiger partial charge in [0.25, 0.3) is 0 Å². The van der Waals surface area contributed by atoms with E-state index in [2.05, 4.69) is 20.4 Å². The number of nitrogens with zero attached hydrogens (tertiary/aromatic N) is 7. The van der Waals surface area contributed by atoms with Gasteiger partial charge >= 0.3 is 6.09 Å². The molecule has 1 amide bonds. The third-order valence-electron chi connectivity index (χ3n) is 5.40. The highest BCUT2D eigenvalue weighted by molar-refractivity contribution is 6.30. The number of tetrazole rings is 1. The van der Waals surface area contributed by atoms with Crippen molar-refractivity contribution in [1.82, 2.24) is 29.6 Å². The van der Waals surface area contributed by atoms with Gasteiger partial charge in [-0.3, -0.25) is 4.90 Å². The summed E-state index contributed by atoms with van der Waals surface area (Å²) in [6.45, 7) is 0.0321. The molecule has 36 heavy (non-hydrogen) atoms. The van der Waals surface area contributed by atoms with E-state index in [1.165, 1.54) is 21.8 Å². The Morgan fingerprint density at radius 2 is 1.81 bits per heavy atom. The first-order valence-corrected chi connectivity index (χ1v) is 11.1. The number of hydrogen-bond donors (Lipinski definition) is 0. The summed E-state index contributed by atoms with van der Waals surface area (Å²) in [7, 11) is 1.74. The number of carbonyl (C=O) groups excluding carboxylic acids is 1. The molecule has 1 fully saturated rings. The number of imidazole rings is 1. The number of benzene rings is 2. The van der Waals surface area contributed by atoms with Crippen LogP contribution < -0.4 is 4.90 Å². The van der Waals surface area contributed by atoms with Gasteiger partial charge in [0, 0.05) is 40.9 Å². The SMILES string of the molecule is Cn1nnc(-c2ccc3nccn3c2)n1.O=C1OC[C@H](c2cc(F)cc(F)c2)N1c1ccc(Cl)cc1. The molecule has 0 N–H and O–H groups in total. The molecule has 0 bridgehead atoms. The molecule has 4 heterocycles. The first kappa shape index (κ1) is 23.4. The number of pyridine rings is 1. The zero-order valence-electron chi connectivity index (χ0n) is 18.8. The van der Waals surface area contributed by atoms with E-state index in [0.717, 1.165) is 17.3 Å². The van der Waals surface area contributed by atoms with Crippen LogP contribution in [-0.2, 0) is 11.8 Å². The normalized spacial score (nSPS) is 15.1. The highest BCUT2D eigenvalue weighted by Crippen LogP contribution is 2.34. The number of amides is 1. The smallest absolute Gasteiger partial charge is 0.415 e. The molecule has 0 unspecified atom stereocenters. The molecule has 5 aromatic rings. The molecule has 9 nitrogen and oxygen atoms in total. The summed E-state index contributed by atoms with van der Waals surface area (Å²) < 4.78 is 33.6. The highest BCUT2D eigenvalue weighted by atomic mass is 35.5. The summed E-state index contributed by atoms with van der Waals surface area (Å²) in [6.07, 6.45) is 5.00. The van der Waals surface area contributed by atoms with Crippen LogP contribution in [0.25, 0.3) is 17.0 Å². The summed E-state index contributed by atoms with van der Waals surface area (Å²) in [5, 5.41) is 12.4. The molecule has 3 aromatic heterocycles. The second kappa shape index (κ2) is 9.70. The van der Waals surface area contributed by atoms with Gasteiger partial charge in [-0.1, -0.05) is 11.6 Å². The summed E-state index contributed by atoms with van der Waals surface area (Å²) in [5.74, 6) is -0.770. The lowest BCUT2D eigenvalue weighted by Gasteiger charge is -2.22. The Balaban J connectivity index is 0.000000156. The molecule has 12 heteroatoms. The second-order valence-corrected chi connectivity index (χ2v) is 8.29. The van der Waals surface area contributed by atoms with Gasteiger partial charge in [0.05, 0.1) is 13.1 Å². The van der Waals surface area contributed by atoms with Gasteiger partial charge in [-0.25, -0.2) is 18.6 Å². The molecule has 182 valence electrons. The largest absolute Gasteiger partial charge is 0.447 e. The van der Waals surface area contributed by atoms with E-state index in [9.17, 15) is 13.6 Å². The molecule has 0 spiro atoms. The minimum absolute atomic E-state index is 0.0321. The number of aryl methyl sites for hydroxylation is 1. The molecule has 0 radical (unpaired) electrons. The van der Waals surface area contributed by atoms with Crippen molar-refractivity contribution in [3.63, 3.8) is 0 Å². The van der Waals surface area contributed by atoms with Crippen molar-refractivity contribution in [2.75, 3.05) is 11.5 Å². The fourth-order valence-corrected chi connectivity index (χ4v) is 3.90. The number of hydrogen-bond acceptors (Lipinski definition) is 6. The van der Waals surface area contributed by atoms with Gasteiger partial charge in [0.15, 0.2) is 0 Å². The van der Waals surface area contributed by atoms with Gasteiger partial charge in [0.2, 0.25) is 5.82 Å². The quantitative estimate of drug-likeness (QED) is 0.345. The number of carbonyl (C=O) groups is 1. The van der Waals surface area contributed by atoms with E-state index in [1.54, 1.807) is 37.5 Å². The van der Waals surface area contributed by atoms with E-state index in [1.807, 2.05) is 28.9 Å². The van der Waals surface area contributed by atoms with E-state index < -0.39 is 23.8 Å². The van der Waals surface area contributed by atoms with Crippen LogP contribution in [-0.4, -0.2) is 42.3 Å². The van der Waals surface area contributed by atoms with Crippen molar-refractivity contribution >= 4 is 29.0 Å². The lowest BCUT2D eigenvalue weighted by atomic mass is 10.1. The fourth-order valence-electron chi connectivity index (χ4n) is 3.77. The van der Waals surface area contributed by atoms with Gasteiger partial charge in [-0.15, -0.1) is 10.2 Å². The number of halogens is 3. The number of aromatic nitrogens is 6. The predicted octanol–water partition coefficient (Wildman–Crippen LogP) is 4.84. The Morgan fingerprint density at radius 3 is 2.50 bits per heavy atom. The number of fused-ring (bicyclic) bond motifs is 1. The Bertz CT molecular complexity index is 1520. The van der Waals surface area contributed by atoms with Crippen LogP contribution in [0.4, 0.5) is 19.3 Å². The van der Waals surface area contributed by atoms with Gasteiger partial charge in [-0.2, -0.15) is 4.80 Å². The number of rotatable bonds is 3. The molecule has 0 aliphatic carbocycles. The van der Waals surface area contributed by atoms with Crippen molar-refractivity contribution in [1.29, 1.82) is 0 Å². The third-order valence-corrected chi connectivity index (χ3v) is 5.65. The van der Waals surface area contributed by atoms with Gasteiger partial charge < -0.3 is 9.14 Å². The van der Waals surface area contributed by atoms with Gasteiger partial charge in [-0.05, 0) is 59.3 Å². The lowest BCUT2D eigenvalue weighted by Crippen LogP contribution is -2.27. The van der Waals surface area contributed by atoms with Crippen LogP contribution in [0, 0.1) is 11.6 Å². The molecule has 0 saturated carbocycles. The maximum atomic E-state index is 13.4. The maximum absolute atomic E-state index is 13.4. The molecule has 2 aromatic carbocycles. The first-order valence-electron chi connectivity index (χ1n) is 10.7. The zero-order chi connectivity index (χ0) is 25.2. The van der Waals surface area contributed by atoms with E-state index >= 15 is 0 Å². The van der Waals surface area contributed by atoms with E-state index in [0.29, 0.717) is 22.1 Å². The Morgan fingerprint density at radius 1 is 1.06 bits per heavy atom. The van der Waals surface area contributed by atoms with Crippen LogP contribution >= 0.6 is 11.6 Å². The summed E-state index contributed by atoms with van der Waals surface area (Å²) in [6, 6.07) is 13.0. The van der Waals surface area contributed by atoms with Crippen LogP contribution in [0.15, 0.2) is 73.2 Å². The summed E-state index contributed by atoms with van der Waals surface area (Å²) in [5.41, 5.74) is 2.72. The van der Waals surface area contributed by atoms with Crippen LogP contribution in [0.1, 0.15) is 11.6 Å². The van der Waals surface area contributed by atoms with Crippen LogP contribution in [0.3, 0.4) is 0 Å². The average molecular weight is 510 g/mol. The molecule has 6 rings (SSSR count). The van der Waals surface area contributed by atoms with E-state index in [4.69, 9.17) is 16.3 Å². The van der Waals surface area contributed by atoms with Crippen LogP contribution in [0.5, 0.6) is 0 Å². The molecule has 1 aliphatic rings. The summed E-state index contributed by atoms with van der Waals surface area (Å²) >= 11 is 5.82. The van der Waals surface area contributed by atoms with Crippen molar-refractivity contribution < 1.29 is 18.3 Å². The van der Waals surface area contributed by atoms with Crippen LogP contribution in [0.2, 0.25) is 5.02 Å². The zero-order valence-corrected chi connectivity index (χ0v) is 19.5. The maximum Gasteiger partial charge on any atom is 0.415 e. The van der Waals surface area contributed by atoms with E-state index in [-0.39, 0.29) is 6.61 Å². The lowest BCUT2D eigenvalue weighted by molar-refractivity contribution is 0.179.